The largest absolute Gasteiger partial charge is 1.00 e. The van der Waals surface area contributed by atoms with Crippen LogP contribution in [0.2, 0.25) is 0 Å². The molecule has 0 radical (unpaired) electrons. The zero-order valence-electron chi connectivity index (χ0n) is 2.13. The number of halogens is 3. The third kappa shape index (κ3) is 8.85. The number of hydrogen-bond acceptors (Lipinski definition) is 0. The van der Waals surface area contributed by atoms with Crippen molar-refractivity contribution in [1.82, 2.24) is 0 Å². The van der Waals surface area contributed by atoms with E-state index in [1.54, 1.807) is 0 Å². The third-order valence-corrected chi connectivity index (χ3v) is 0. The maximum atomic E-state index is 0. The second-order valence-electron chi connectivity index (χ2n) is 0. The first kappa shape index (κ1) is 33.3. The Labute approximate surface area is 77.2 Å². The zero-order valence-corrected chi connectivity index (χ0v) is 7.80. The summed E-state index contributed by atoms with van der Waals surface area (Å²) in [5, 5.41) is 0. The molecule has 0 aliphatic carbocycles. The molecule has 0 amide bonds. The molecule has 0 saturated carbocycles. The fourth-order valence-electron chi connectivity index (χ4n) is 0. The minimum Gasteiger partial charge on any atom is -1.00 e. The van der Waals surface area contributed by atoms with Gasteiger partial charge in [-0.3, -0.25) is 0 Å². The van der Waals surface area contributed by atoms with Crippen LogP contribution in [0, 0.1) is 0 Å². The molecule has 0 saturated heterocycles. The van der Waals surface area contributed by atoms with Crippen LogP contribution in [0.5, 0.6) is 0 Å². The minimum absolute atomic E-state index is 0. The van der Waals surface area contributed by atoms with E-state index in [1.165, 1.54) is 0 Å². The predicted octanol–water partition coefficient (Wildman–Crippen LogP) is -12.0. The number of rotatable bonds is 0. The summed E-state index contributed by atoms with van der Waals surface area (Å²) in [7, 11) is 0. The third-order valence-electron chi connectivity index (χ3n) is 0. The van der Waals surface area contributed by atoms with Gasteiger partial charge in [0.2, 0.25) is 0 Å². The van der Waals surface area contributed by atoms with Crippen molar-refractivity contribution in [2.45, 2.75) is 0 Å². The molecule has 0 aromatic heterocycles. The quantitative estimate of drug-likeness (QED) is 0.281. The summed E-state index contributed by atoms with van der Waals surface area (Å²) in [4.78, 5) is 0. The molecule has 24 valence electrons. The van der Waals surface area contributed by atoms with Gasteiger partial charge in [-0.2, -0.15) is 0 Å². The van der Waals surface area contributed by atoms with Crippen LogP contribution in [-0.4, -0.2) is 0 Å². The second kappa shape index (κ2) is 18.5. The zero-order chi connectivity index (χ0) is 0. The van der Waals surface area contributed by atoms with E-state index in [4.69, 9.17) is 0 Å². The minimum atomic E-state index is 0. The Morgan fingerprint density at radius 3 is 0.750 bits per heavy atom. The van der Waals surface area contributed by atoms with Crippen LogP contribution in [0.25, 0.3) is 0 Å². The SMILES string of the molecule is [Cl-].[Cl-].[I-].[Na+]. The van der Waals surface area contributed by atoms with E-state index < -0.39 is 0 Å². The maximum Gasteiger partial charge on any atom is 1.00 e. The molecule has 0 spiro atoms. The van der Waals surface area contributed by atoms with Crippen LogP contribution in [0.1, 0.15) is 0 Å². The molecule has 0 heterocycles. The van der Waals surface area contributed by atoms with Crippen molar-refractivity contribution in [3.63, 3.8) is 0 Å². The molecule has 0 rings (SSSR count). The van der Waals surface area contributed by atoms with Gasteiger partial charge in [-0.1, -0.05) is 0 Å². The molecule has 0 N–H and O–H groups in total. The maximum absolute atomic E-state index is 0. The van der Waals surface area contributed by atoms with Crippen LogP contribution < -0.4 is 78.3 Å². The standard InChI is InChI=1S/2ClH.HI.Na/h3*1H;/q;;;+1/p-3. The first-order valence-electron chi connectivity index (χ1n) is 0. The monoisotopic (exact) mass is 220 g/mol. The van der Waals surface area contributed by atoms with Gasteiger partial charge >= 0.3 is 29.6 Å². The second-order valence-corrected chi connectivity index (χ2v) is 0. The molecule has 0 bridgehead atoms. The molecule has 0 nitrogen and oxygen atoms in total. The van der Waals surface area contributed by atoms with Crippen molar-refractivity contribution in [3.8, 4) is 0 Å². The molecular formula is Cl2INa-2. The van der Waals surface area contributed by atoms with Crippen LogP contribution in [0.4, 0.5) is 0 Å². The Morgan fingerprint density at radius 2 is 0.750 bits per heavy atom. The van der Waals surface area contributed by atoms with Crippen molar-refractivity contribution in [1.29, 1.82) is 0 Å². The number of hydrogen-bond donors (Lipinski definition) is 0. The van der Waals surface area contributed by atoms with Gasteiger partial charge in [0, 0.05) is 0 Å². The summed E-state index contributed by atoms with van der Waals surface area (Å²) in [6, 6.07) is 0. The van der Waals surface area contributed by atoms with Gasteiger partial charge in [0.15, 0.2) is 0 Å². The van der Waals surface area contributed by atoms with Crippen molar-refractivity contribution in [3.05, 3.63) is 0 Å². The van der Waals surface area contributed by atoms with Gasteiger partial charge in [0.25, 0.3) is 0 Å². The smallest absolute Gasteiger partial charge is 1.00 e. The van der Waals surface area contributed by atoms with E-state index in [-0.39, 0.29) is 78.3 Å². The van der Waals surface area contributed by atoms with Gasteiger partial charge in [-0.05, 0) is 0 Å². The van der Waals surface area contributed by atoms with Crippen molar-refractivity contribution in [2.75, 3.05) is 0 Å². The van der Waals surface area contributed by atoms with Crippen LogP contribution in [0.15, 0.2) is 0 Å². The van der Waals surface area contributed by atoms with E-state index in [0.29, 0.717) is 0 Å². The fraction of sp³-hybridized carbons (Fsp3) is 0. The van der Waals surface area contributed by atoms with E-state index in [2.05, 4.69) is 0 Å². The molecule has 0 aliphatic heterocycles. The molecule has 4 heteroatoms. The Hall–Kier alpha value is 2.31. The first-order valence-corrected chi connectivity index (χ1v) is 0. The van der Waals surface area contributed by atoms with E-state index in [1.807, 2.05) is 0 Å². The van der Waals surface area contributed by atoms with Crippen LogP contribution >= 0.6 is 0 Å². The van der Waals surface area contributed by atoms with Crippen LogP contribution in [-0.2, 0) is 0 Å². The van der Waals surface area contributed by atoms with E-state index in [0.717, 1.165) is 0 Å². The van der Waals surface area contributed by atoms with Crippen LogP contribution in [0.3, 0.4) is 0 Å². The molecule has 0 atom stereocenters. The molecule has 0 aromatic carbocycles. The molecule has 0 aliphatic rings. The summed E-state index contributed by atoms with van der Waals surface area (Å²) in [6.07, 6.45) is 0. The first-order chi connectivity index (χ1) is 0. The Bertz CT molecular complexity index is 6.00. The average Bonchev–Trinajstić information content (AvgIpc) is 0. The van der Waals surface area contributed by atoms with Gasteiger partial charge < -0.3 is 48.8 Å². The fourth-order valence-corrected chi connectivity index (χ4v) is 0. The molecule has 4 heavy (non-hydrogen) atoms. The molecule has 0 unspecified atom stereocenters. The van der Waals surface area contributed by atoms with Crippen molar-refractivity contribution < 1.29 is 78.3 Å². The molecular weight excluding hydrogens is 221 g/mol. The summed E-state index contributed by atoms with van der Waals surface area (Å²) in [5.41, 5.74) is 0. The summed E-state index contributed by atoms with van der Waals surface area (Å²) < 4.78 is 0. The van der Waals surface area contributed by atoms with Gasteiger partial charge in [-0.15, -0.1) is 0 Å². The predicted molar refractivity (Wildman–Crippen MR) is 0 cm³/mol. The Kier molecular flexibility index (Phi) is 154. The molecule has 0 fully saturated rings. The van der Waals surface area contributed by atoms with Crippen molar-refractivity contribution in [2.24, 2.45) is 0 Å². The van der Waals surface area contributed by atoms with Gasteiger partial charge in [-0.25, -0.2) is 0 Å². The Balaban J connectivity index is 0. The molecule has 0 aromatic rings. The summed E-state index contributed by atoms with van der Waals surface area (Å²) in [6.45, 7) is 0. The summed E-state index contributed by atoms with van der Waals surface area (Å²) >= 11 is 0. The van der Waals surface area contributed by atoms with Crippen molar-refractivity contribution >= 4 is 0 Å². The Morgan fingerprint density at radius 1 is 0.750 bits per heavy atom. The van der Waals surface area contributed by atoms with Gasteiger partial charge in [0.05, 0.1) is 0 Å². The average molecular weight is 221 g/mol. The topological polar surface area (TPSA) is 0 Å². The van der Waals surface area contributed by atoms with E-state index >= 15 is 0 Å². The normalized spacial score (nSPS) is 0. The van der Waals surface area contributed by atoms with E-state index in [9.17, 15) is 0 Å². The van der Waals surface area contributed by atoms with Gasteiger partial charge in [0.1, 0.15) is 0 Å². The summed E-state index contributed by atoms with van der Waals surface area (Å²) in [5.74, 6) is 0.